The Balaban J connectivity index is 1.81. The van der Waals surface area contributed by atoms with Crippen molar-refractivity contribution >= 4 is 16.6 Å². The van der Waals surface area contributed by atoms with Gasteiger partial charge >= 0.3 is 0 Å². The summed E-state index contributed by atoms with van der Waals surface area (Å²) in [6.45, 7) is 3.08. The third-order valence-corrected chi connectivity index (χ3v) is 3.69. The molecule has 0 atom stereocenters. The normalized spacial score (nSPS) is 10.8. The summed E-state index contributed by atoms with van der Waals surface area (Å²) < 4.78 is 0. The maximum Gasteiger partial charge on any atom is 0.0457 e. The summed E-state index contributed by atoms with van der Waals surface area (Å²) >= 11 is 0. The fourth-order valence-electron chi connectivity index (χ4n) is 2.68. The van der Waals surface area contributed by atoms with Crippen LogP contribution in [0.1, 0.15) is 24.5 Å². The zero-order valence-corrected chi connectivity index (χ0v) is 11.8. The van der Waals surface area contributed by atoms with Crippen LogP contribution in [0, 0.1) is 0 Å². The molecule has 0 bridgehead atoms. The van der Waals surface area contributed by atoms with E-state index in [1.807, 2.05) is 6.20 Å². The molecule has 0 saturated heterocycles. The van der Waals surface area contributed by atoms with Gasteiger partial charge in [-0.05, 0) is 35.7 Å². The second-order valence-corrected chi connectivity index (χ2v) is 5.12. The molecule has 1 aromatic heterocycles. The van der Waals surface area contributed by atoms with Crippen molar-refractivity contribution in [1.82, 2.24) is 4.98 Å². The number of aromatic nitrogens is 1. The van der Waals surface area contributed by atoms with Crippen molar-refractivity contribution in [2.24, 2.45) is 0 Å². The number of nitrogens with one attached hydrogen (secondary N) is 2. The number of rotatable bonds is 5. The van der Waals surface area contributed by atoms with Crippen LogP contribution in [0.3, 0.4) is 0 Å². The molecule has 0 aliphatic rings. The van der Waals surface area contributed by atoms with Gasteiger partial charge in [0.05, 0.1) is 0 Å². The van der Waals surface area contributed by atoms with E-state index in [4.69, 9.17) is 0 Å². The Hall–Kier alpha value is -2.22. The van der Waals surface area contributed by atoms with Crippen molar-refractivity contribution in [3.63, 3.8) is 0 Å². The molecule has 20 heavy (non-hydrogen) atoms. The van der Waals surface area contributed by atoms with E-state index in [2.05, 4.69) is 65.8 Å². The van der Waals surface area contributed by atoms with Crippen molar-refractivity contribution in [3.05, 3.63) is 65.9 Å². The number of anilines is 1. The summed E-state index contributed by atoms with van der Waals surface area (Å²) in [5, 5.41) is 4.88. The van der Waals surface area contributed by atoms with Crippen LogP contribution in [0.15, 0.2) is 54.7 Å². The van der Waals surface area contributed by atoms with Gasteiger partial charge in [-0.1, -0.05) is 43.7 Å². The fourth-order valence-corrected chi connectivity index (χ4v) is 2.68. The van der Waals surface area contributed by atoms with Crippen LogP contribution in [-0.2, 0) is 13.0 Å². The molecular weight excluding hydrogens is 244 g/mol. The average molecular weight is 264 g/mol. The first-order chi connectivity index (χ1) is 9.88. The van der Waals surface area contributed by atoms with E-state index >= 15 is 0 Å². The van der Waals surface area contributed by atoms with E-state index in [9.17, 15) is 0 Å². The lowest BCUT2D eigenvalue weighted by Crippen LogP contribution is -2.02. The highest BCUT2D eigenvalue weighted by Crippen LogP contribution is 2.21. The highest BCUT2D eigenvalue weighted by atomic mass is 14.9. The predicted octanol–water partition coefficient (Wildman–Crippen LogP) is 4.73. The SMILES string of the molecule is CCCc1ccccc1NCc1cccc2[nH]ccc12. The summed E-state index contributed by atoms with van der Waals surface area (Å²) in [6, 6.07) is 17.1. The Morgan fingerprint density at radius 2 is 1.80 bits per heavy atom. The minimum atomic E-state index is 0.857. The second kappa shape index (κ2) is 5.83. The maximum atomic E-state index is 3.58. The smallest absolute Gasteiger partial charge is 0.0457 e. The van der Waals surface area contributed by atoms with Crippen molar-refractivity contribution in [2.45, 2.75) is 26.3 Å². The highest BCUT2D eigenvalue weighted by Gasteiger charge is 2.03. The fraction of sp³-hybridized carbons (Fsp3) is 0.222. The first-order valence-electron chi connectivity index (χ1n) is 7.25. The van der Waals surface area contributed by atoms with Crippen LogP contribution in [0.2, 0.25) is 0 Å². The molecule has 2 heteroatoms. The summed E-state index contributed by atoms with van der Waals surface area (Å²) in [7, 11) is 0. The monoisotopic (exact) mass is 264 g/mol. The molecule has 3 rings (SSSR count). The van der Waals surface area contributed by atoms with Gasteiger partial charge in [-0.3, -0.25) is 0 Å². The molecule has 2 nitrogen and oxygen atoms in total. The summed E-state index contributed by atoms with van der Waals surface area (Å²) in [4.78, 5) is 3.26. The number of aromatic amines is 1. The topological polar surface area (TPSA) is 27.8 Å². The van der Waals surface area contributed by atoms with E-state index in [-0.39, 0.29) is 0 Å². The first kappa shape index (κ1) is 12.8. The van der Waals surface area contributed by atoms with Crippen molar-refractivity contribution in [3.8, 4) is 0 Å². The van der Waals surface area contributed by atoms with Gasteiger partial charge < -0.3 is 10.3 Å². The molecule has 0 aliphatic carbocycles. The molecule has 0 aliphatic heterocycles. The molecular formula is C18H20N2. The number of H-pyrrole nitrogens is 1. The Labute approximate surface area is 119 Å². The maximum absolute atomic E-state index is 3.58. The number of benzene rings is 2. The Kier molecular flexibility index (Phi) is 3.73. The molecule has 0 fully saturated rings. The van der Waals surface area contributed by atoms with Gasteiger partial charge in [0, 0.05) is 29.3 Å². The van der Waals surface area contributed by atoms with E-state index in [0.717, 1.165) is 13.0 Å². The summed E-state index contributed by atoms with van der Waals surface area (Å²) in [5.74, 6) is 0. The molecule has 0 radical (unpaired) electrons. The van der Waals surface area contributed by atoms with Crippen LogP contribution in [-0.4, -0.2) is 4.98 Å². The van der Waals surface area contributed by atoms with Crippen LogP contribution in [0.4, 0.5) is 5.69 Å². The van der Waals surface area contributed by atoms with E-state index in [1.165, 1.54) is 34.1 Å². The van der Waals surface area contributed by atoms with E-state index in [0.29, 0.717) is 0 Å². The van der Waals surface area contributed by atoms with Gasteiger partial charge in [-0.25, -0.2) is 0 Å². The van der Waals surface area contributed by atoms with E-state index < -0.39 is 0 Å². The van der Waals surface area contributed by atoms with Gasteiger partial charge in [0.2, 0.25) is 0 Å². The van der Waals surface area contributed by atoms with Gasteiger partial charge in [-0.2, -0.15) is 0 Å². The van der Waals surface area contributed by atoms with Crippen LogP contribution < -0.4 is 5.32 Å². The first-order valence-corrected chi connectivity index (χ1v) is 7.25. The standard InChI is InChI=1S/C18H20N2/c1-2-6-14-7-3-4-9-17(14)20-13-15-8-5-10-18-16(15)11-12-19-18/h3-5,7-12,19-20H,2,6,13H2,1H3. The molecule has 1 heterocycles. The van der Waals surface area contributed by atoms with Gasteiger partial charge in [0.15, 0.2) is 0 Å². The zero-order valence-electron chi connectivity index (χ0n) is 11.8. The molecule has 0 unspecified atom stereocenters. The molecule has 102 valence electrons. The van der Waals surface area contributed by atoms with E-state index in [1.54, 1.807) is 0 Å². The lowest BCUT2D eigenvalue weighted by molar-refractivity contribution is 0.920. The van der Waals surface area contributed by atoms with Crippen molar-refractivity contribution in [1.29, 1.82) is 0 Å². The zero-order chi connectivity index (χ0) is 13.8. The minimum absolute atomic E-state index is 0.857. The minimum Gasteiger partial charge on any atom is -0.381 e. The number of fused-ring (bicyclic) bond motifs is 1. The van der Waals surface area contributed by atoms with Crippen LogP contribution in [0.25, 0.3) is 10.9 Å². The number of hydrogen-bond acceptors (Lipinski definition) is 1. The Morgan fingerprint density at radius 1 is 0.950 bits per heavy atom. The second-order valence-electron chi connectivity index (χ2n) is 5.12. The van der Waals surface area contributed by atoms with Gasteiger partial charge in [0.25, 0.3) is 0 Å². The number of hydrogen-bond donors (Lipinski definition) is 2. The Morgan fingerprint density at radius 3 is 2.70 bits per heavy atom. The van der Waals surface area contributed by atoms with Gasteiger partial charge in [-0.15, -0.1) is 0 Å². The van der Waals surface area contributed by atoms with Crippen LogP contribution >= 0.6 is 0 Å². The molecule has 2 aromatic carbocycles. The lowest BCUT2D eigenvalue weighted by Gasteiger charge is -2.12. The quantitative estimate of drug-likeness (QED) is 0.685. The molecule has 0 saturated carbocycles. The third-order valence-electron chi connectivity index (χ3n) is 3.69. The number of aryl methyl sites for hydroxylation is 1. The predicted molar refractivity (Wildman–Crippen MR) is 86.1 cm³/mol. The summed E-state index contributed by atoms with van der Waals surface area (Å²) in [6.07, 6.45) is 4.29. The Bertz CT molecular complexity index is 697. The average Bonchev–Trinajstić information content (AvgIpc) is 2.96. The number of para-hydroxylation sites is 1. The molecule has 0 amide bonds. The lowest BCUT2D eigenvalue weighted by atomic mass is 10.1. The summed E-state index contributed by atoms with van der Waals surface area (Å²) in [5.41, 5.74) is 5.18. The largest absolute Gasteiger partial charge is 0.381 e. The highest BCUT2D eigenvalue weighted by molar-refractivity contribution is 5.83. The molecule has 2 N–H and O–H groups in total. The van der Waals surface area contributed by atoms with Crippen LogP contribution in [0.5, 0.6) is 0 Å². The molecule has 3 aromatic rings. The van der Waals surface area contributed by atoms with Crippen molar-refractivity contribution < 1.29 is 0 Å². The van der Waals surface area contributed by atoms with Crippen molar-refractivity contribution in [2.75, 3.05) is 5.32 Å². The third kappa shape index (κ3) is 2.55. The molecule has 0 spiro atoms. The van der Waals surface area contributed by atoms with Gasteiger partial charge in [0.1, 0.15) is 0 Å².